The maximum absolute atomic E-state index is 14.1. The predicted molar refractivity (Wildman–Crippen MR) is 119 cm³/mol. The van der Waals surface area contributed by atoms with E-state index in [1.54, 1.807) is 12.1 Å². The van der Waals surface area contributed by atoms with E-state index in [-0.39, 0.29) is 28.7 Å². The number of amides is 1. The van der Waals surface area contributed by atoms with Crippen LogP contribution in [0.4, 0.5) is 10.2 Å². The normalized spacial score (nSPS) is 10.8. The molecule has 0 unspecified atom stereocenters. The molecule has 0 aliphatic rings. The standard InChI is InChI=1S/C20H20BrClFN5O4/c1-30-16-6-5-13(21)11(18(16)31-10-12-14(22)3-2-4-15(12)23)9-25-7-8-26-20(29)17-19(24)28-32-27-17/h2-6,25H,7-10H2,1H3,(H2,24,28)(H,26,29). The Labute approximate surface area is 196 Å². The minimum Gasteiger partial charge on any atom is -0.493 e. The molecule has 0 aliphatic carbocycles. The Morgan fingerprint density at radius 3 is 2.75 bits per heavy atom. The highest BCUT2D eigenvalue weighted by Crippen LogP contribution is 2.37. The van der Waals surface area contributed by atoms with E-state index in [1.165, 1.54) is 19.2 Å². The smallest absolute Gasteiger partial charge is 0.277 e. The van der Waals surface area contributed by atoms with Crippen LogP contribution in [-0.2, 0) is 13.2 Å². The number of hydrogen-bond donors (Lipinski definition) is 3. The molecule has 0 radical (unpaired) electrons. The van der Waals surface area contributed by atoms with Crippen LogP contribution in [0.15, 0.2) is 39.4 Å². The Kier molecular flexibility index (Phi) is 8.26. The zero-order chi connectivity index (χ0) is 23.1. The number of carbonyl (C=O) groups is 1. The maximum atomic E-state index is 14.1. The fraction of sp³-hybridized carbons (Fsp3) is 0.250. The molecule has 0 fully saturated rings. The largest absolute Gasteiger partial charge is 0.493 e. The summed E-state index contributed by atoms with van der Waals surface area (Å²) < 4.78 is 30.6. The fourth-order valence-corrected chi connectivity index (χ4v) is 3.47. The first kappa shape index (κ1) is 23.8. The van der Waals surface area contributed by atoms with Gasteiger partial charge < -0.3 is 25.8 Å². The first-order chi connectivity index (χ1) is 15.4. The molecule has 3 rings (SSSR count). The number of aromatic nitrogens is 2. The van der Waals surface area contributed by atoms with Gasteiger partial charge in [0.05, 0.1) is 12.1 Å². The third-order valence-electron chi connectivity index (χ3n) is 4.43. The van der Waals surface area contributed by atoms with Crippen molar-refractivity contribution in [1.29, 1.82) is 0 Å². The van der Waals surface area contributed by atoms with E-state index < -0.39 is 11.7 Å². The lowest BCUT2D eigenvalue weighted by atomic mass is 10.1. The minimum absolute atomic E-state index is 0.0666. The molecular weight excluding hydrogens is 509 g/mol. The summed E-state index contributed by atoms with van der Waals surface area (Å²) in [6.07, 6.45) is 0. The van der Waals surface area contributed by atoms with Crippen molar-refractivity contribution in [3.05, 3.63) is 62.5 Å². The molecule has 2 aromatic carbocycles. The molecule has 0 aliphatic heterocycles. The van der Waals surface area contributed by atoms with E-state index in [1.807, 2.05) is 6.07 Å². The summed E-state index contributed by atoms with van der Waals surface area (Å²) in [7, 11) is 1.52. The molecule has 0 bridgehead atoms. The second-order valence-corrected chi connectivity index (χ2v) is 7.74. The van der Waals surface area contributed by atoms with Crippen molar-refractivity contribution in [2.45, 2.75) is 13.2 Å². The van der Waals surface area contributed by atoms with Crippen LogP contribution >= 0.6 is 27.5 Å². The van der Waals surface area contributed by atoms with Crippen LogP contribution in [0.5, 0.6) is 11.5 Å². The molecule has 1 amide bonds. The van der Waals surface area contributed by atoms with E-state index in [0.717, 1.165) is 10.0 Å². The first-order valence-electron chi connectivity index (χ1n) is 9.40. The molecule has 4 N–H and O–H groups in total. The fourth-order valence-electron chi connectivity index (χ4n) is 2.80. The third-order valence-corrected chi connectivity index (χ3v) is 5.52. The first-order valence-corrected chi connectivity index (χ1v) is 10.6. The summed E-state index contributed by atoms with van der Waals surface area (Å²) in [4.78, 5) is 12.0. The number of nitrogens with two attached hydrogens (primary N) is 1. The lowest BCUT2D eigenvalue weighted by Crippen LogP contribution is -2.32. The van der Waals surface area contributed by atoms with Gasteiger partial charge in [-0.1, -0.05) is 33.6 Å². The van der Waals surface area contributed by atoms with E-state index in [0.29, 0.717) is 31.1 Å². The average molecular weight is 529 g/mol. The molecule has 0 saturated carbocycles. The van der Waals surface area contributed by atoms with Crippen LogP contribution in [0.25, 0.3) is 0 Å². The Morgan fingerprint density at radius 1 is 1.25 bits per heavy atom. The molecule has 1 aromatic heterocycles. The average Bonchev–Trinajstić information content (AvgIpc) is 3.20. The van der Waals surface area contributed by atoms with Crippen molar-refractivity contribution in [2.24, 2.45) is 0 Å². The Bertz CT molecular complexity index is 1080. The number of methoxy groups -OCH3 is 1. The topological polar surface area (TPSA) is 125 Å². The second kappa shape index (κ2) is 11.1. The molecule has 9 nitrogen and oxygen atoms in total. The number of halogens is 3. The van der Waals surface area contributed by atoms with Gasteiger partial charge in [-0.05, 0) is 34.6 Å². The van der Waals surface area contributed by atoms with Crippen LogP contribution in [0.2, 0.25) is 5.02 Å². The number of hydrogen-bond acceptors (Lipinski definition) is 8. The molecule has 32 heavy (non-hydrogen) atoms. The van der Waals surface area contributed by atoms with Crippen LogP contribution in [0.3, 0.4) is 0 Å². The Morgan fingerprint density at radius 2 is 2.06 bits per heavy atom. The molecule has 0 atom stereocenters. The van der Waals surface area contributed by atoms with E-state index >= 15 is 0 Å². The second-order valence-electron chi connectivity index (χ2n) is 6.48. The van der Waals surface area contributed by atoms with Crippen molar-refractivity contribution in [2.75, 3.05) is 25.9 Å². The van der Waals surface area contributed by atoms with Gasteiger partial charge in [0.15, 0.2) is 11.5 Å². The minimum atomic E-state index is -0.487. The van der Waals surface area contributed by atoms with E-state index in [9.17, 15) is 9.18 Å². The number of rotatable bonds is 10. The van der Waals surface area contributed by atoms with Gasteiger partial charge >= 0.3 is 0 Å². The number of nitrogen functional groups attached to an aromatic ring is 1. The maximum Gasteiger partial charge on any atom is 0.277 e. The lowest BCUT2D eigenvalue weighted by Gasteiger charge is -2.18. The van der Waals surface area contributed by atoms with Gasteiger partial charge in [-0.2, -0.15) is 0 Å². The molecule has 3 aromatic rings. The summed E-state index contributed by atoms with van der Waals surface area (Å²) in [5.41, 5.74) is 6.43. The van der Waals surface area contributed by atoms with Gasteiger partial charge in [0, 0.05) is 35.2 Å². The summed E-state index contributed by atoms with van der Waals surface area (Å²) in [6.45, 7) is 1.03. The third kappa shape index (κ3) is 5.67. The van der Waals surface area contributed by atoms with E-state index in [2.05, 4.69) is 41.5 Å². The van der Waals surface area contributed by atoms with Gasteiger partial charge in [0.25, 0.3) is 5.91 Å². The van der Waals surface area contributed by atoms with Crippen LogP contribution in [-0.4, -0.2) is 36.4 Å². The number of benzene rings is 2. The monoisotopic (exact) mass is 527 g/mol. The Balaban J connectivity index is 1.63. The molecule has 170 valence electrons. The quantitative estimate of drug-likeness (QED) is 0.342. The van der Waals surface area contributed by atoms with E-state index in [4.69, 9.17) is 26.8 Å². The molecule has 12 heteroatoms. The number of carbonyl (C=O) groups excluding carboxylic acids is 1. The summed E-state index contributed by atoms with van der Waals surface area (Å²) in [6, 6.07) is 8.01. The van der Waals surface area contributed by atoms with Crippen molar-refractivity contribution in [1.82, 2.24) is 20.9 Å². The number of nitrogens with one attached hydrogen (secondary N) is 2. The zero-order valence-corrected chi connectivity index (χ0v) is 19.3. The lowest BCUT2D eigenvalue weighted by molar-refractivity contribution is 0.0944. The van der Waals surface area contributed by atoms with Crippen LogP contribution in [0, 0.1) is 5.82 Å². The molecular formula is C20H20BrClFN5O4. The highest BCUT2D eigenvalue weighted by molar-refractivity contribution is 9.10. The highest BCUT2D eigenvalue weighted by atomic mass is 79.9. The summed E-state index contributed by atoms with van der Waals surface area (Å²) in [5.74, 6) is -0.0878. The molecule has 0 spiro atoms. The van der Waals surface area contributed by atoms with Crippen molar-refractivity contribution >= 4 is 39.3 Å². The Hall–Kier alpha value is -2.89. The number of anilines is 1. The zero-order valence-electron chi connectivity index (χ0n) is 17.0. The van der Waals surface area contributed by atoms with Gasteiger partial charge in [-0.3, -0.25) is 4.79 Å². The van der Waals surface area contributed by atoms with Gasteiger partial charge in [0.1, 0.15) is 12.4 Å². The van der Waals surface area contributed by atoms with Gasteiger partial charge in [0.2, 0.25) is 11.5 Å². The van der Waals surface area contributed by atoms with Crippen LogP contribution in [0.1, 0.15) is 21.6 Å². The predicted octanol–water partition coefficient (Wildman–Crippen LogP) is 3.31. The van der Waals surface area contributed by atoms with Gasteiger partial charge in [-0.15, -0.1) is 0 Å². The van der Waals surface area contributed by atoms with Crippen molar-refractivity contribution < 1.29 is 23.3 Å². The number of ether oxygens (including phenoxy) is 2. The summed E-state index contributed by atoms with van der Waals surface area (Å²) in [5, 5.41) is 12.9. The van der Waals surface area contributed by atoms with Crippen molar-refractivity contribution in [3.63, 3.8) is 0 Å². The SMILES string of the molecule is COc1ccc(Br)c(CNCCNC(=O)c2nonc2N)c1OCc1c(F)cccc1Cl. The van der Waals surface area contributed by atoms with Crippen LogP contribution < -0.4 is 25.8 Å². The highest BCUT2D eigenvalue weighted by Gasteiger charge is 2.17. The summed E-state index contributed by atoms with van der Waals surface area (Å²) >= 11 is 9.61. The molecule has 0 saturated heterocycles. The van der Waals surface area contributed by atoms with Crippen molar-refractivity contribution in [3.8, 4) is 11.5 Å². The van der Waals surface area contributed by atoms with Gasteiger partial charge in [-0.25, -0.2) is 9.02 Å². The molecule has 1 heterocycles. The number of nitrogens with zero attached hydrogens (tertiary/aromatic N) is 2.